The van der Waals surface area contributed by atoms with Crippen molar-refractivity contribution >= 4 is 16.5 Å². The van der Waals surface area contributed by atoms with Gasteiger partial charge in [0, 0.05) is 23.3 Å². The lowest BCUT2D eigenvalue weighted by Gasteiger charge is -2.39. The van der Waals surface area contributed by atoms with Crippen LogP contribution < -0.4 is 5.32 Å². The number of nitrogens with one attached hydrogen (secondary N) is 1. The summed E-state index contributed by atoms with van der Waals surface area (Å²) in [5, 5.41) is 16.6. The van der Waals surface area contributed by atoms with Gasteiger partial charge in [0.1, 0.15) is 0 Å². The van der Waals surface area contributed by atoms with Crippen LogP contribution in [0.25, 0.3) is 0 Å². The summed E-state index contributed by atoms with van der Waals surface area (Å²) < 4.78 is 0. The minimum absolute atomic E-state index is 0.0169. The Hall–Kier alpha value is -1.65. The van der Waals surface area contributed by atoms with Crippen LogP contribution in [0.3, 0.4) is 0 Å². The first-order valence-electron chi connectivity index (χ1n) is 10.3. The normalized spacial score (nSPS) is 21.3. The average molecular weight is 399 g/mol. The van der Waals surface area contributed by atoms with Gasteiger partial charge in [-0.15, -0.1) is 11.3 Å². The van der Waals surface area contributed by atoms with Gasteiger partial charge in [0.2, 0.25) is 0 Å². The van der Waals surface area contributed by atoms with Crippen LogP contribution >= 0.6 is 11.3 Å². The maximum absolute atomic E-state index is 9.87. The van der Waals surface area contributed by atoms with Gasteiger partial charge in [-0.1, -0.05) is 76.6 Å². The molecule has 2 aliphatic carbocycles. The van der Waals surface area contributed by atoms with Crippen molar-refractivity contribution in [2.24, 2.45) is 11.3 Å². The van der Waals surface area contributed by atoms with Crippen LogP contribution in [0.5, 0.6) is 0 Å². The molecule has 1 aromatic rings. The molecule has 4 heteroatoms. The maximum Gasteiger partial charge on any atom is 0.182 e. The Balaban J connectivity index is 1.80. The molecule has 0 fully saturated rings. The lowest BCUT2D eigenvalue weighted by molar-refractivity contribution is 0.222. The Morgan fingerprint density at radius 3 is 2.64 bits per heavy atom. The van der Waals surface area contributed by atoms with Gasteiger partial charge >= 0.3 is 0 Å². The monoisotopic (exact) mass is 398 g/mol. The van der Waals surface area contributed by atoms with Gasteiger partial charge in [-0.2, -0.15) is 0 Å². The van der Waals surface area contributed by atoms with Gasteiger partial charge in [-0.25, -0.2) is 4.98 Å². The molecule has 0 aliphatic heterocycles. The molecule has 2 unspecified atom stereocenters. The van der Waals surface area contributed by atoms with Crippen molar-refractivity contribution in [3.63, 3.8) is 0 Å². The van der Waals surface area contributed by atoms with E-state index in [0.717, 1.165) is 30.2 Å². The molecule has 0 amide bonds. The molecule has 0 bridgehead atoms. The van der Waals surface area contributed by atoms with E-state index in [1.54, 1.807) is 11.3 Å². The molecule has 0 radical (unpaired) electrons. The van der Waals surface area contributed by atoms with Gasteiger partial charge in [0.05, 0.1) is 11.8 Å². The van der Waals surface area contributed by atoms with Crippen molar-refractivity contribution < 1.29 is 5.11 Å². The predicted octanol–water partition coefficient (Wildman–Crippen LogP) is 6.02. The van der Waals surface area contributed by atoms with Crippen molar-refractivity contribution in [3.8, 4) is 0 Å². The van der Waals surface area contributed by atoms with Crippen LogP contribution in [0.1, 0.15) is 59.6 Å². The number of aromatic nitrogens is 1. The minimum atomic E-state index is -0.350. The van der Waals surface area contributed by atoms with Crippen molar-refractivity contribution in [1.82, 2.24) is 4.98 Å². The second-order valence-electron chi connectivity index (χ2n) is 9.64. The van der Waals surface area contributed by atoms with Crippen molar-refractivity contribution in [2.75, 3.05) is 11.9 Å². The number of hydrogen-bond acceptors (Lipinski definition) is 4. The molecular formula is C24H34N2OS. The van der Waals surface area contributed by atoms with E-state index in [0.29, 0.717) is 12.3 Å². The summed E-state index contributed by atoms with van der Waals surface area (Å²) in [6.45, 7) is 12.1. The van der Waals surface area contributed by atoms with Gasteiger partial charge < -0.3 is 10.4 Å². The van der Waals surface area contributed by atoms with Gasteiger partial charge in [-0.05, 0) is 30.3 Å². The fraction of sp³-hybridized carbons (Fsp3) is 0.542. The molecule has 1 aromatic heterocycles. The smallest absolute Gasteiger partial charge is 0.182 e. The van der Waals surface area contributed by atoms with Gasteiger partial charge in [0.15, 0.2) is 5.13 Å². The van der Waals surface area contributed by atoms with E-state index < -0.39 is 0 Å². The highest BCUT2D eigenvalue weighted by Gasteiger charge is 2.35. The first-order chi connectivity index (χ1) is 13.2. The maximum atomic E-state index is 9.87. The van der Waals surface area contributed by atoms with Crippen molar-refractivity contribution in [3.05, 3.63) is 58.7 Å². The van der Waals surface area contributed by atoms with Crippen molar-refractivity contribution in [2.45, 2.75) is 65.4 Å². The number of aliphatic hydroxyl groups is 1. The van der Waals surface area contributed by atoms with E-state index in [4.69, 9.17) is 4.98 Å². The zero-order valence-corrected chi connectivity index (χ0v) is 18.6. The van der Waals surface area contributed by atoms with Crippen LogP contribution in [-0.4, -0.2) is 22.7 Å². The van der Waals surface area contributed by atoms with Crippen LogP contribution in [0.4, 0.5) is 5.13 Å². The number of allylic oxidation sites excluding steroid dienone is 6. The molecule has 0 saturated carbocycles. The standard InChI is InChI=1S/C24H34N2OS/c1-23(2,3)20-15-28-22(26-20)25-16-24(4,5)21(17-9-7-6-8-10-17)18-11-13-19(27)14-12-18/h6-7,9,11-13,15,19,21,27H,8,10,14,16H2,1-5H3,(H,25,26). The molecule has 0 spiro atoms. The topological polar surface area (TPSA) is 45.1 Å². The molecule has 2 atom stereocenters. The Morgan fingerprint density at radius 1 is 1.29 bits per heavy atom. The van der Waals surface area contributed by atoms with Gasteiger partial charge in [-0.3, -0.25) is 0 Å². The molecule has 28 heavy (non-hydrogen) atoms. The first kappa shape index (κ1) is 21.1. The quantitative estimate of drug-likeness (QED) is 0.616. The molecule has 0 aromatic carbocycles. The fourth-order valence-corrected chi connectivity index (χ4v) is 4.91. The van der Waals surface area contributed by atoms with E-state index in [-0.39, 0.29) is 16.9 Å². The third kappa shape index (κ3) is 5.03. The number of anilines is 1. The third-order valence-electron chi connectivity index (χ3n) is 5.61. The van der Waals surface area contributed by atoms with Gasteiger partial charge in [0.25, 0.3) is 0 Å². The highest BCUT2D eigenvalue weighted by atomic mass is 32.1. The zero-order chi connectivity index (χ0) is 20.4. The van der Waals surface area contributed by atoms with Crippen LogP contribution in [0.2, 0.25) is 0 Å². The minimum Gasteiger partial charge on any atom is -0.389 e. The van der Waals surface area contributed by atoms with E-state index in [1.807, 2.05) is 6.08 Å². The lowest BCUT2D eigenvalue weighted by atomic mass is 9.68. The molecule has 1 heterocycles. The van der Waals surface area contributed by atoms with Crippen LogP contribution in [0, 0.1) is 11.3 Å². The number of thiazole rings is 1. The highest BCUT2D eigenvalue weighted by molar-refractivity contribution is 7.13. The summed E-state index contributed by atoms with van der Waals surface area (Å²) in [6, 6.07) is 0. The third-order valence-corrected chi connectivity index (χ3v) is 6.41. The summed E-state index contributed by atoms with van der Waals surface area (Å²) >= 11 is 1.69. The predicted molar refractivity (Wildman–Crippen MR) is 121 cm³/mol. The van der Waals surface area contributed by atoms with E-state index in [2.05, 4.69) is 75.7 Å². The van der Waals surface area contributed by atoms with Crippen LogP contribution in [0.15, 0.2) is 53.0 Å². The molecular weight excluding hydrogens is 364 g/mol. The Morgan fingerprint density at radius 2 is 2.07 bits per heavy atom. The summed E-state index contributed by atoms with van der Waals surface area (Å²) in [5.41, 5.74) is 4.04. The molecule has 0 saturated heterocycles. The highest BCUT2D eigenvalue weighted by Crippen LogP contribution is 2.42. The zero-order valence-electron chi connectivity index (χ0n) is 17.8. The summed E-state index contributed by atoms with van der Waals surface area (Å²) in [5.74, 6) is 0.329. The van der Waals surface area contributed by atoms with Crippen LogP contribution in [-0.2, 0) is 5.41 Å². The number of aliphatic hydroxyl groups excluding tert-OH is 1. The molecule has 3 rings (SSSR count). The lowest BCUT2D eigenvalue weighted by Crippen LogP contribution is -2.35. The second kappa shape index (κ2) is 8.38. The van der Waals surface area contributed by atoms with E-state index in [1.165, 1.54) is 11.1 Å². The average Bonchev–Trinajstić information content (AvgIpc) is 3.12. The SMILES string of the molecule is CC(C)(C)c1csc(NCC(C)(C)C(C2=CCC(O)C=C2)C2=CC=CCC2)n1. The van der Waals surface area contributed by atoms with E-state index >= 15 is 0 Å². The molecule has 2 N–H and O–H groups in total. The molecule has 2 aliphatic rings. The summed E-state index contributed by atoms with van der Waals surface area (Å²) in [6.07, 6.45) is 15.6. The number of nitrogens with zero attached hydrogens (tertiary/aromatic N) is 1. The second-order valence-corrected chi connectivity index (χ2v) is 10.5. The first-order valence-corrected chi connectivity index (χ1v) is 11.2. The summed E-state index contributed by atoms with van der Waals surface area (Å²) in [4.78, 5) is 4.80. The Kier molecular flexibility index (Phi) is 6.31. The van der Waals surface area contributed by atoms with Crippen molar-refractivity contribution in [1.29, 1.82) is 0 Å². The number of hydrogen-bond donors (Lipinski definition) is 2. The fourth-order valence-electron chi connectivity index (χ4n) is 3.97. The number of rotatable bonds is 6. The Labute approximate surface area is 174 Å². The largest absolute Gasteiger partial charge is 0.389 e. The summed E-state index contributed by atoms with van der Waals surface area (Å²) in [7, 11) is 0. The Bertz CT molecular complexity index is 805. The molecule has 152 valence electrons. The molecule has 3 nitrogen and oxygen atoms in total. The van der Waals surface area contributed by atoms with E-state index in [9.17, 15) is 5.11 Å².